The second kappa shape index (κ2) is 5.08. The third-order valence-electron chi connectivity index (χ3n) is 2.46. The number of para-hydroxylation sites is 1. The largest absolute Gasteiger partial charge is 0.491 e. The number of carbonyl (C=O) groups is 1. The van der Waals surface area contributed by atoms with Crippen molar-refractivity contribution in [2.24, 2.45) is 5.73 Å². The van der Waals surface area contributed by atoms with Gasteiger partial charge < -0.3 is 15.6 Å². The normalized spacial score (nSPS) is 15.1. The molecule has 0 heterocycles. The number of rotatable bonds is 4. The van der Waals surface area contributed by atoms with E-state index in [9.17, 15) is 18.0 Å². The Hall–Kier alpha value is -1.76. The number of carboxylic acid groups (broad SMARTS) is 1. The second-order valence-electron chi connectivity index (χ2n) is 4.27. The molecule has 0 bridgehead atoms. The van der Waals surface area contributed by atoms with Crippen LogP contribution >= 0.6 is 0 Å². The maximum absolute atomic E-state index is 13.0. The van der Waals surface area contributed by atoms with Gasteiger partial charge in [0, 0.05) is 5.56 Å². The molecule has 1 aromatic carbocycles. The van der Waals surface area contributed by atoms with Gasteiger partial charge in [-0.05, 0) is 19.9 Å². The van der Waals surface area contributed by atoms with Crippen molar-refractivity contribution in [3.05, 3.63) is 29.8 Å². The average molecular weight is 277 g/mol. The van der Waals surface area contributed by atoms with E-state index in [4.69, 9.17) is 15.6 Å². The molecule has 0 amide bonds. The molecule has 0 aromatic heterocycles. The molecule has 7 heteroatoms. The zero-order valence-electron chi connectivity index (χ0n) is 10.4. The summed E-state index contributed by atoms with van der Waals surface area (Å²) in [5.41, 5.74) is 0.988. The molecule has 0 aliphatic carbocycles. The zero-order chi connectivity index (χ0) is 14.8. The van der Waals surface area contributed by atoms with Crippen molar-refractivity contribution in [2.45, 2.75) is 31.7 Å². The highest BCUT2D eigenvalue weighted by atomic mass is 19.4. The van der Waals surface area contributed by atoms with Gasteiger partial charge in [-0.25, -0.2) is 4.79 Å². The van der Waals surface area contributed by atoms with E-state index in [2.05, 4.69) is 0 Å². The van der Waals surface area contributed by atoms with Gasteiger partial charge in [-0.1, -0.05) is 18.2 Å². The molecule has 4 nitrogen and oxygen atoms in total. The van der Waals surface area contributed by atoms with Crippen LogP contribution in [-0.2, 0) is 10.3 Å². The summed E-state index contributed by atoms with van der Waals surface area (Å²) in [7, 11) is 0. The average Bonchev–Trinajstić information content (AvgIpc) is 2.26. The van der Waals surface area contributed by atoms with Crippen molar-refractivity contribution in [3.63, 3.8) is 0 Å². The molecule has 0 fully saturated rings. The minimum Gasteiger partial charge on any atom is -0.491 e. The van der Waals surface area contributed by atoms with Gasteiger partial charge in [-0.2, -0.15) is 13.2 Å². The maximum atomic E-state index is 13.0. The van der Waals surface area contributed by atoms with Crippen LogP contribution in [0.1, 0.15) is 19.4 Å². The summed E-state index contributed by atoms with van der Waals surface area (Å²) >= 11 is 0. The number of hydrogen-bond donors (Lipinski definition) is 2. The molecule has 0 aliphatic rings. The fourth-order valence-electron chi connectivity index (χ4n) is 1.54. The minimum atomic E-state index is -5.14. The molecule has 0 saturated carbocycles. The number of halogens is 3. The summed E-state index contributed by atoms with van der Waals surface area (Å²) in [4.78, 5) is 11.0. The summed E-state index contributed by atoms with van der Waals surface area (Å²) in [6, 6.07) is 4.98. The Balaban J connectivity index is 3.44. The fraction of sp³-hybridized carbons (Fsp3) is 0.417. The predicted octanol–water partition coefficient (Wildman–Crippen LogP) is 2.27. The van der Waals surface area contributed by atoms with Crippen molar-refractivity contribution >= 4 is 5.97 Å². The van der Waals surface area contributed by atoms with Crippen LogP contribution in [0.25, 0.3) is 0 Å². The van der Waals surface area contributed by atoms with Gasteiger partial charge in [0.2, 0.25) is 5.54 Å². The van der Waals surface area contributed by atoms with Crippen LogP contribution in [0.3, 0.4) is 0 Å². The molecule has 1 aromatic rings. The first kappa shape index (κ1) is 15.3. The fourth-order valence-corrected chi connectivity index (χ4v) is 1.54. The SMILES string of the molecule is CC(C)Oc1ccccc1C(N)(C(=O)O)C(F)(F)F. The first-order valence-electron chi connectivity index (χ1n) is 5.46. The van der Waals surface area contributed by atoms with Crippen LogP contribution in [0.4, 0.5) is 13.2 Å². The van der Waals surface area contributed by atoms with Gasteiger partial charge in [0.15, 0.2) is 0 Å². The van der Waals surface area contributed by atoms with Crippen LogP contribution in [-0.4, -0.2) is 23.4 Å². The molecular weight excluding hydrogens is 263 g/mol. The van der Waals surface area contributed by atoms with Crippen LogP contribution in [0, 0.1) is 0 Å². The minimum absolute atomic E-state index is 0.195. The summed E-state index contributed by atoms with van der Waals surface area (Å²) in [5, 5.41) is 8.88. The molecule has 106 valence electrons. The van der Waals surface area contributed by atoms with Crippen LogP contribution in [0.15, 0.2) is 24.3 Å². The summed E-state index contributed by atoms with van der Waals surface area (Å²) in [5.74, 6) is -2.38. The predicted molar refractivity (Wildman–Crippen MR) is 61.8 cm³/mol. The summed E-state index contributed by atoms with van der Waals surface area (Å²) in [6.07, 6.45) is -5.55. The Morgan fingerprint density at radius 2 is 1.84 bits per heavy atom. The maximum Gasteiger partial charge on any atom is 0.421 e. The molecule has 0 aliphatic heterocycles. The summed E-state index contributed by atoms with van der Waals surface area (Å²) in [6.45, 7) is 3.23. The van der Waals surface area contributed by atoms with E-state index in [1.807, 2.05) is 0 Å². The van der Waals surface area contributed by atoms with E-state index >= 15 is 0 Å². The van der Waals surface area contributed by atoms with Crippen LogP contribution in [0.5, 0.6) is 5.75 Å². The number of nitrogens with two attached hydrogens (primary N) is 1. The van der Waals surface area contributed by atoms with Gasteiger partial charge in [0.25, 0.3) is 0 Å². The van der Waals surface area contributed by atoms with E-state index < -0.39 is 29.4 Å². The first-order valence-corrected chi connectivity index (χ1v) is 5.46. The van der Waals surface area contributed by atoms with Crippen molar-refractivity contribution in [1.82, 2.24) is 0 Å². The highest BCUT2D eigenvalue weighted by molar-refractivity contribution is 5.82. The van der Waals surface area contributed by atoms with Crippen molar-refractivity contribution in [2.75, 3.05) is 0 Å². The molecule has 1 atom stereocenters. The van der Waals surface area contributed by atoms with E-state index in [-0.39, 0.29) is 5.75 Å². The van der Waals surface area contributed by atoms with E-state index in [1.54, 1.807) is 13.8 Å². The number of carboxylic acids is 1. The van der Waals surface area contributed by atoms with Gasteiger partial charge in [-0.3, -0.25) is 0 Å². The zero-order valence-corrected chi connectivity index (χ0v) is 10.4. The van der Waals surface area contributed by atoms with Crippen LogP contribution in [0.2, 0.25) is 0 Å². The molecule has 1 rings (SSSR count). The monoisotopic (exact) mass is 277 g/mol. The Kier molecular flexibility index (Phi) is 4.09. The molecule has 3 N–H and O–H groups in total. The molecule has 0 spiro atoms. The lowest BCUT2D eigenvalue weighted by Crippen LogP contribution is -2.56. The summed E-state index contributed by atoms with van der Waals surface area (Å²) < 4.78 is 44.2. The van der Waals surface area contributed by atoms with Gasteiger partial charge >= 0.3 is 12.1 Å². The van der Waals surface area contributed by atoms with Crippen molar-refractivity contribution in [1.29, 1.82) is 0 Å². The number of alkyl halides is 3. The number of benzene rings is 1. The second-order valence-corrected chi connectivity index (χ2v) is 4.27. The highest BCUT2D eigenvalue weighted by Crippen LogP contribution is 2.41. The third kappa shape index (κ3) is 2.81. The molecule has 0 radical (unpaired) electrons. The van der Waals surface area contributed by atoms with E-state index in [0.717, 1.165) is 6.07 Å². The van der Waals surface area contributed by atoms with E-state index in [0.29, 0.717) is 0 Å². The lowest BCUT2D eigenvalue weighted by atomic mass is 9.89. The van der Waals surface area contributed by atoms with Gasteiger partial charge in [0.05, 0.1) is 6.10 Å². The Bertz CT molecular complexity index is 474. The lowest BCUT2D eigenvalue weighted by molar-refractivity contribution is -0.205. The molecule has 1 unspecified atom stereocenters. The number of ether oxygens (including phenoxy) is 1. The van der Waals surface area contributed by atoms with Gasteiger partial charge in [0.1, 0.15) is 5.75 Å². The topological polar surface area (TPSA) is 72.5 Å². The molecule has 0 saturated heterocycles. The number of aliphatic carboxylic acids is 1. The quantitative estimate of drug-likeness (QED) is 0.885. The Morgan fingerprint density at radius 3 is 2.26 bits per heavy atom. The third-order valence-corrected chi connectivity index (χ3v) is 2.46. The first-order chi connectivity index (χ1) is 8.60. The van der Waals surface area contributed by atoms with Crippen molar-refractivity contribution < 1.29 is 27.8 Å². The Labute approximate surface area is 108 Å². The molecule has 19 heavy (non-hydrogen) atoms. The van der Waals surface area contributed by atoms with Gasteiger partial charge in [-0.15, -0.1) is 0 Å². The highest BCUT2D eigenvalue weighted by Gasteiger charge is 2.60. The number of hydrogen-bond acceptors (Lipinski definition) is 3. The van der Waals surface area contributed by atoms with E-state index in [1.165, 1.54) is 18.2 Å². The standard InChI is InChI=1S/C12H14F3NO3/c1-7(2)19-9-6-4-3-5-8(9)11(16,10(17)18)12(13,14)15/h3-7H,16H2,1-2H3,(H,17,18). The lowest BCUT2D eigenvalue weighted by Gasteiger charge is -2.29. The smallest absolute Gasteiger partial charge is 0.421 e. The van der Waals surface area contributed by atoms with Crippen LogP contribution < -0.4 is 10.5 Å². The molecular formula is C12H14F3NO3. The Morgan fingerprint density at radius 1 is 1.32 bits per heavy atom. The van der Waals surface area contributed by atoms with Crippen molar-refractivity contribution in [3.8, 4) is 5.75 Å².